The summed E-state index contributed by atoms with van der Waals surface area (Å²) in [5, 5.41) is 9.67. The summed E-state index contributed by atoms with van der Waals surface area (Å²) < 4.78 is 2.06. The van der Waals surface area contributed by atoms with E-state index in [1.165, 1.54) is 0 Å². The van der Waals surface area contributed by atoms with Gasteiger partial charge in [0.15, 0.2) is 0 Å². The molecular weight excluding hydrogens is 282 g/mol. The lowest BCUT2D eigenvalue weighted by Crippen LogP contribution is -2.01. The molecule has 1 aromatic heterocycles. The molecule has 0 saturated heterocycles. The van der Waals surface area contributed by atoms with Crippen LogP contribution >= 0.6 is 11.6 Å². The summed E-state index contributed by atoms with van der Waals surface area (Å²) in [6.07, 6.45) is 3.71. The zero-order chi connectivity index (χ0) is 14.7. The van der Waals surface area contributed by atoms with Crippen LogP contribution in [0, 0.1) is 11.3 Å². The Bertz CT molecular complexity index is 797. The van der Waals surface area contributed by atoms with E-state index in [-0.39, 0.29) is 0 Å². The summed E-state index contributed by atoms with van der Waals surface area (Å²) in [6, 6.07) is 17.4. The summed E-state index contributed by atoms with van der Waals surface area (Å²) in [5.41, 5.74) is 2.75. The number of benzene rings is 2. The predicted molar refractivity (Wildman–Crippen MR) is 82.9 cm³/mol. The van der Waals surface area contributed by atoms with Crippen molar-refractivity contribution in [2.45, 2.75) is 6.54 Å². The predicted octanol–water partition coefficient (Wildman–Crippen LogP) is 4.12. The molecule has 3 aromatic rings. The molecule has 0 saturated carbocycles. The van der Waals surface area contributed by atoms with Crippen molar-refractivity contribution in [3.05, 3.63) is 77.1 Å². The van der Waals surface area contributed by atoms with E-state index in [4.69, 9.17) is 16.9 Å². The van der Waals surface area contributed by atoms with Gasteiger partial charge < -0.3 is 4.57 Å². The molecule has 0 bridgehead atoms. The first-order chi connectivity index (χ1) is 10.3. The standard InChI is InChI=1S/C17H12ClN3/c18-16-6-4-15(5-7-16)17-20-8-9-21(17)12-14-3-1-2-13(10-14)11-19/h1-10H,12H2. The van der Waals surface area contributed by atoms with Gasteiger partial charge in [0.25, 0.3) is 0 Å². The van der Waals surface area contributed by atoms with Crippen LogP contribution in [0.2, 0.25) is 5.02 Å². The van der Waals surface area contributed by atoms with Gasteiger partial charge in [-0.1, -0.05) is 23.7 Å². The highest BCUT2D eigenvalue weighted by Crippen LogP contribution is 2.21. The maximum atomic E-state index is 8.97. The van der Waals surface area contributed by atoms with Gasteiger partial charge in [-0.15, -0.1) is 0 Å². The molecule has 0 aliphatic carbocycles. The van der Waals surface area contributed by atoms with Gasteiger partial charge in [0.2, 0.25) is 0 Å². The Morgan fingerprint density at radius 2 is 1.95 bits per heavy atom. The van der Waals surface area contributed by atoms with Crippen molar-refractivity contribution in [1.82, 2.24) is 9.55 Å². The Kier molecular flexibility index (Phi) is 3.72. The maximum Gasteiger partial charge on any atom is 0.140 e. The van der Waals surface area contributed by atoms with Crippen LogP contribution < -0.4 is 0 Å². The van der Waals surface area contributed by atoms with Gasteiger partial charge in [-0.05, 0) is 42.0 Å². The molecule has 21 heavy (non-hydrogen) atoms. The number of halogens is 1. The van der Waals surface area contributed by atoms with E-state index in [1.54, 1.807) is 12.3 Å². The first-order valence-electron chi connectivity index (χ1n) is 6.52. The molecule has 0 amide bonds. The number of nitrogens with zero attached hydrogens (tertiary/aromatic N) is 3. The summed E-state index contributed by atoms with van der Waals surface area (Å²) in [5.74, 6) is 0.883. The second-order valence-electron chi connectivity index (χ2n) is 4.70. The molecule has 0 radical (unpaired) electrons. The molecule has 0 unspecified atom stereocenters. The summed E-state index contributed by atoms with van der Waals surface area (Å²) in [6.45, 7) is 0.674. The summed E-state index contributed by atoms with van der Waals surface area (Å²) in [4.78, 5) is 4.41. The van der Waals surface area contributed by atoms with Crippen molar-refractivity contribution in [1.29, 1.82) is 5.26 Å². The fourth-order valence-corrected chi connectivity index (χ4v) is 2.36. The van der Waals surface area contributed by atoms with Crippen LogP contribution in [-0.4, -0.2) is 9.55 Å². The Balaban J connectivity index is 1.92. The van der Waals surface area contributed by atoms with Crippen LogP contribution in [0.15, 0.2) is 60.9 Å². The van der Waals surface area contributed by atoms with E-state index < -0.39 is 0 Å². The molecule has 3 nitrogen and oxygen atoms in total. The number of rotatable bonds is 3. The minimum atomic E-state index is 0.667. The van der Waals surface area contributed by atoms with Gasteiger partial charge in [0.1, 0.15) is 5.82 Å². The lowest BCUT2D eigenvalue weighted by atomic mass is 10.1. The van der Waals surface area contributed by atoms with Crippen LogP contribution in [0.5, 0.6) is 0 Å². The van der Waals surface area contributed by atoms with Crippen LogP contribution in [-0.2, 0) is 6.54 Å². The lowest BCUT2D eigenvalue weighted by molar-refractivity contribution is 0.807. The smallest absolute Gasteiger partial charge is 0.140 e. The van der Waals surface area contributed by atoms with E-state index >= 15 is 0 Å². The van der Waals surface area contributed by atoms with Crippen LogP contribution in [0.25, 0.3) is 11.4 Å². The van der Waals surface area contributed by atoms with Crippen molar-refractivity contribution >= 4 is 11.6 Å². The summed E-state index contributed by atoms with van der Waals surface area (Å²) >= 11 is 5.92. The molecule has 0 aliphatic heterocycles. The zero-order valence-corrected chi connectivity index (χ0v) is 12.0. The van der Waals surface area contributed by atoms with Gasteiger partial charge >= 0.3 is 0 Å². The minimum absolute atomic E-state index is 0.667. The van der Waals surface area contributed by atoms with E-state index in [0.717, 1.165) is 17.0 Å². The van der Waals surface area contributed by atoms with Crippen LogP contribution in [0.3, 0.4) is 0 Å². The SMILES string of the molecule is N#Cc1cccc(Cn2ccnc2-c2ccc(Cl)cc2)c1. The Morgan fingerprint density at radius 1 is 1.14 bits per heavy atom. The number of aromatic nitrogens is 2. The minimum Gasteiger partial charge on any atom is -0.327 e. The Morgan fingerprint density at radius 3 is 2.71 bits per heavy atom. The van der Waals surface area contributed by atoms with Crippen molar-refractivity contribution in [3.8, 4) is 17.5 Å². The zero-order valence-electron chi connectivity index (χ0n) is 11.2. The van der Waals surface area contributed by atoms with E-state index in [1.807, 2.05) is 48.7 Å². The molecule has 0 atom stereocenters. The number of hydrogen-bond donors (Lipinski definition) is 0. The average Bonchev–Trinajstić information content (AvgIpc) is 2.96. The fourth-order valence-electron chi connectivity index (χ4n) is 2.23. The highest BCUT2D eigenvalue weighted by atomic mass is 35.5. The van der Waals surface area contributed by atoms with E-state index in [9.17, 15) is 0 Å². The van der Waals surface area contributed by atoms with Crippen LogP contribution in [0.1, 0.15) is 11.1 Å². The van der Waals surface area contributed by atoms with Crippen LogP contribution in [0.4, 0.5) is 0 Å². The molecule has 3 rings (SSSR count). The third-order valence-corrected chi connectivity index (χ3v) is 3.48. The molecule has 102 valence electrons. The highest BCUT2D eigenvalue weighted by molar-refractivity contribution is 6.30. The largest absolute Gasteiger partial charge is 0.327 e. The topological polar surface area (TPSA) is 41.6 Å². The van der Waals surface area contributed by atoms with Gasteiger partial charge in [-0.25, -0.2) is 4.98 Å². The number of nitriles is 1. The molecular formula is C17H12ClN3. The molecule has 4 heteroatoms. The van der Waals surface area contributed by atoms with Gasteiger partial charge in [0, 0.05) is 29.5 Å². The number of hydrogen-bond acceptors (Lipinski definition) is 2. The monoisotopic (exact) mass is 293 g/mol. The van der Waals surface area contributed by atoms with Crippen molar-refractivity contribution < 1.29 is 0 Å². The quantitative estimate of drug-likeness (QED) is 0.729. The molecule has 0 N–H and O–H groups in total. The molecule has 0 fully saturated rings. The second-order valence-corrected chi connectivity index (χ2v) is 5.13. The fraction of sp³-hybridized carbons (Fsp3) is 0.0588. The third-order valence-electron chi connectivity index (χ3n) is 3.23. The molecule has 2 aromatic carbocycles. The van der Waals surface area contributed by atoms with E-state index in [0.29, 0.717) is 17.1 Å². The Labute approximate surface area is 128 Å². The van der Waals surface area contributed by atoms with Gasteiger partial charge in [-0.3, -0.25) is 0 Å². The molecule has 0 aliphatic rings. The molecule has 0 spiro atoms. The van der Waals surface area contributed by atoms with E-state index in [2.05, 4.69) is 15.6 Å². The lowest BCUT2D eigenvalue weighted by Gasteiger charge is -2.08. The third kappa shape index (κ3) is 2.96. The maximum absolute atomic E-state index is 8.97. The number of imidazole rings is 1. The average molecular weight is 294 g/mol. The first-order valence-corrected chi connectivity index (χ1v) is 6.90. The second kappa shape index (κ2) is 5.82. The van der Waals surface area contributed by atoms with Crippen molar-refractivity contribution in [3.63, 3.8) is 0 Å². The molecule has 1 heterocycles. The summed E-state index contributed by atoms with van der Waals surface area (Å²) in [7, 11) is 0. The van der Waals surface area contributed by atoms with Crippen molar-refractivity contribution in [2.24, 2.45) is 0 Å². The first kappa shape index (κ1) is 13.4. The Hall–Kier alpha value is -2.57. The van der Waals surface area contributed by atoms with Crippen molar-refractivity contribution in [2.75, 3.05) is 0 Å². The van der Waals surface area contributed by atoms with Gasteiger partial charge in [-0.2, -0.15) is 5.26 Å². The van der Waals surface area contributed by atoms with Gasteiger partial charge in [0.05, 0.1) is 11.6 Å². The normalized spacial score (nSPS) is 10.3. The highest BCUT2D eigenvalue weighted by Gasteiger charge is 2.06.